The summed E-state index contributed by atoms with van der Waals surface area (Å²) in [5.74, 6) is -1.99. The van der Waals surface area contributed by atoms with Gasteiger partial charge in [0.15, 0.2) is 29.0 Å². The summed E-state index contributed by atoms with van der Waals surface area (Å²) in [7, 11) is 0. The highest BCUT2D eigenvalue weighted by Crippen LogP contribution is 2.41. The highest BCUT2D eigenvalue weighted by molar-refractivity contribution is 5.93. The Labute approximate surface area is 243 Å². The SMILES string of the molecule is Cc1ccc(CNC(=O)c2cc3nc(C)c(C(OC(C)(C)C)C(=O)O)c(-c4cc(F)c5c(c4C)CCCO5)n3n2)cc1. The second kappa shape index (κ2) is 11.2. The molecule has 42 heavy (non-hydrogen) atoms. The summed E-state index contributed by atoms with van der Waals surface area (Å²) in [6.45, 7) is 11.5. The number of carboxylic acid groups (broad SMARTS) is 1. The average Bonchev–Trinajstić information content (AvgIpc) is 3.36. The second-order valence-electron chi connectivity index (χ2n) is 11.7. The molecule has 2 aromatic heterocycles. The Kier molecular flexibility index (Phi) is 7.76. The zero-order valence-electron chi connectivity index (χ0n) is 24.7. The maximum Gasteiger partial charge on any atom is 0.337 e. The van der Waals surface area contributed by atoms with E-state index in [0.29, 0.717) is 42.2 Å². The first-order valence-corrected chi connectivity index (χ1v) is 13.9. The molecule has 220 valence electrons. The molecule has 0 bridgehead atoms. The van der Waals surface area contributed by atoms with Gasteiger partial charge in [0.1, 0.15) is 0 Å². The van der Waals surface area contributed by atoms with Crippen LogP contribution in [0.5, 0.6) is 5.75 Å². The predicted molar refractivity (Wildman–Crippen MR) is 155 cm³/mol. The molecule has 5 rings (SSSR count). The lowest BCUT2D eigenvalue weighted by atomic mass is 9.91. The number of carbonyl (C=O) groups is 2. The fourth-order valence-electron chi connectivity index (χ4n) is 5.29. The third-order valence-electron chi connectivity index (χ3n) is 7.29. The van der Waals surface area contributed by atoms with E-state index in [4.69, 9.17) is 9.47 Å². The summed E-state index contributed by atoms with van der Waals surface area (Å²) in [6, 6.07) is 10.7. The van der Waals surface area contributed by atoms with Gasteiger partial charge in [0.25, 0.3) is 5.91 Å². The first-order valence-electron chi connectivity index (χ1n) is 13.9. The molecule has 1 atom stereocenters. The van der Waals surface area contributed by atoms with Crippen LogP contribution in [0.1, 0.15) is 77.3 Å². The number of nitrogens with zero attached hydrogens (tertiary/aromatic N) is 3. The van der Waals surface area contributed by atoms with Gasteiger partial charge in [-0.05, 0) is 71.6 Å². The van der Waals surface area contributed by atoms with Crippen molar-refractivity contribution in [3.05, 3.63) is 81.4 Å². The third kappa shape index (κ3) is 5.72. The molecule has 0 saturated heterocycles. The first kappa shape index (κ1) is 29.2. The van der Waals surface area contributed by atoms with Gasteiger partial charge in [-0.2, -0.15) is 5.10 Å². The molecule has 4 aromatic rings. The monoisotopic (exact) mass is 574 g/mol. The number of nitrogens with one attached hydrogen (secondary N) is 1. The molecular formula is C32H35FN4O5. The molecule has 1 aliphatic rings. The molecule has 2 N–H and O–H groups in total. The lowest BCUT2D eigenvalue weighted by molar-refractivity contribution is -0.160. The van der Waals surface area contributed by atoms with E-state index in [1.165, 1.54) is 10.6 Å². The number of halogens is 1. The number of amides is 1. The molecule has 10 heteroatoms. The van der Waals surface area contributed by atoms with Gasteiger partial charge in [0, 0.05) is 35.0 Å². The number of benzene rings is 2. The Hall–Kier alpha value is -4.31. The number of rotatable bonds is 7. The number of ether oxygens (including phenoxy) is 2. The Balaban J connectivity index is 1.70. The van der Waals surface area contributed by atoms with Crippen LogP contribution in [0, 0.1) is 26.6 Å². The molecule has 2 aromatic carbocycles. The highest BCUT2D eigenvalue weighted by atomic mass is 19.1. The fraction of sp³-hybridized carbons (Fsp3) is 0.375. The minimum Gasteiger partial charge on any atom is -0.490 e. The van der Waals surface area contributed by atoms with Crippen molar-refractivity contribution in [2.75, 3.05) is 6.61 Å². The molecule has 1 aliphatic heterocycles. The van der Waals surface area contributed by atoms with Crippen molar-refractivity contribution in [3.8, 4) is 17.0 Å². The van der Waals surface area contributed by atoms with E-state index >= 15 is 4.39 Å². The smallest absolute Gasteiger partial charge is 0.337 e. The summed E-state index contributed by atoms with van der Waals surface area (Å²) >= 11 is 0. The lowest BCUT2D eigenvalue weighted by Crippen LogP contribution is -2.29. The van der Waals surface area contributed by atoms with Crippen LogP contribution in [0.25, 0.3) is 16.9 Å². The molecule has 1 amide bonds. The van der Waals surface area contributed by atoms with Crippen LogP contribution in [0.15, 0.2) is 36.4 Å². The maximum atomic E-state index is 15.5. The van der Waals surface area contributed by atoms with Gasteiger partial charge in [0.2, 0.25) is 0 Å². The Morgan fingerprint density at radius 2 is 1.88 bits per heavy atom. The van der Waals surface area contributed by atoms with Gasteiger partial charge >= 0.3 is 5.97 Å². The third-order valence-corrected chi connectivity index (χ3v) is 7.29. The number of aromatic nitrogens is 3. The summed E-state index contributed by atoms with van der Waals surface area (Å²) in [4.78, 5) is 30.5. The normalized spacial score (nSPS) is 13.9. The van der Waals surface area contributed by atoms with Crippen LogP contribution in [0.2, 0.25) is 0 Å². The minimum atomic E-state index is -1.44. The number of carbonyl (C=O) groups excluding carboxylic acids is 1. The standard InChI is InChI=1S/C32H35FN4O5/c1-17-9-11-20(12-10-17)16-34-30(38)24-15-25-35-19(3)26(29(31(39)40)42-32(4,5)6)27(37(25)36-24)22-14-23(33)28-21(18(22)2)8-7-13-41-28/h9-12,14-15,29H,7-8,13,16H2,1-6H3,(H,34,38)(H,39,40). The van der Waals surface area contributed by atoms with Gasteiger partial charge in [-0.3, -0.25) is 4.79 Å². The molecular weight excluding hydrogens is 539 g/mol. The Bertz CT molecular complexity index is 1690. The van der Waals surface area contributed by atoms with E-state index in [2.05, 4.69) is 15.4 Å². The van der Waals surface area contributed by atoms with E-state index in [9.17, 15) is 14.7 Å². The molecule has 0 aliphatic carbocycles. The van der Waals surface area contributed by atoms with Gasteiger partial charge < -0.3 is 19.9 Å². The molecule has 0 spiro atoms. The first-order chi connectivity index (χ1) is 19.8. The topological polar surface area (TPSA) is 115 Å². The number of aryl methyl sites for hydroxylation is 2. The molecule has 0 fully saturated rings. The van der Waals surface area contributed by atoms with Gasteiger partial charge in [-0.25, -0.2) is 18.7 Å². The highest BCUT2D eigenvalue weighted by Gasteiger charge is 2.35. The van der Waals surface area contributed by atoms with Crippen molar-refractivity contribution in [1.82, 2.24) is 19.9 Å². The molecule has 1 unspecified atom stereocenters. The van der Waals surface area contributed by atoms with Crippen LogP contribution in [0.4, 0.5) is 4.39 Å². The van der Waals surface area contributed by atoms with Crippen LogP contribution in [0.3, 0.4) is 0 Å². The Morgan fingerprint density at radius 3 is 2.55 bits per heavy atom. The minimum absolute atomic E-state index is 0.0930. The number of hydrogen-bond donors (Lipinski definition) is 2. The van der Waals surface area contributed by atoms with Crippen LogP contribution >= 0.6 is 0 Å². The van der Waals surface area contributed by atoms with Crippen LogP contribution < -0.4 is 10.1 Å². The van der Waals surface area contributed by atoms with Crippen molar-refractivity contribution >= 4 is 17.5 Å². The van der Waals surface area contributed by atoms with Crippen molar-refractivity contribution in [2.24, 2.45) is 0 Å². The summed E-state index contributed by atoms with van der Waals surface area (Å²) < 4.78 is 28.6. The maximum absolute atomic E-state index is 15.5. The summed E-state index contributed by atoms with van der Waals surface area (Å²) in [6.07, 6.45) is -0.0948. The number of carboxylic acids is 1. The zero-order chi connectivity index (χ0) is 30.3. The van der Waals surface area contributed by atoms with Crippen molar-refractivity contribution in [2.45, 2.75) is 72.6 Å². The lowest BCUT2D eigenvalue weighted by Gasteiger charge is -2.28. The van der Waals surface area contributed by atoms with E-state index in [1.54, 1.807) is 33.8 Å². The Morgan fingerprint density at radius 1 is 1.17 bits per heavy atom. The second-order valence-corrected chi connectivity index (χ2v) is 11.7. The molecule has 0 saturated carbocycles. The predicted octanol–water partition coefficient (Wildman–Crippen LogP) is 5.66. The quantitative estimate of drug-likeness (QED) is 0.293. The van der Waals surface area contributed by atoms with E-state index < -0.39 is 29.4 Å². The van der Waals surface area contributed by atoms with E-state index in [0.717, 1.165) is 28.7 Å². The van der Waals surface area contributed by atoms with Crippen molar-refractivity contribution in [3.63, 3.8) is 0 Å². The van der Waals surface area contributed by atoms with Crippen LogP contribution in [-0.4, -0.2) is 43.8 Å². The molecule has 9 nitrogen and oxygen atoms in total. The van der Waals surface area contributed by atoms with Crippen molar-refractivity contribution in [1.29, 1.82) is 0 Å². The van der Waals surface area contributed by atoms with Crippen molar-refractivity contribution < 1.29 is 28.6 Å². The largest absolute Gasteiger partial charge is 0.490 e. The fourth-order valence-corrected chi connectivity index (χ4v) is 5.29. The number of fused-ring (bicyclic) bond motifs is 2. The molecule has 0 radical (unpaired) electrons. The van der Waals surface area contributed by atoms with E-state index in [-0.39, 0.29) is 17.0 Å². The van der Waals surface area contributed by atoms with Gasteiger partial charge in [0.05, 0.1) is 17.9 Å². The van der Waals surface area contributed by atoms with Gasteiger partial charge in [-0.15, -0.1) is 0 Å². The zero-order valence-corrected chi connectivity index (χ0v) is 24.7. The number of aliphatic carboxylic acids is 1. The van der Waals surface area contributed by atoms with Crippen LogP contribution in [-0.2, 0) is 22.5 Å². The van der Waals surface area contributed by atoms with E-state index in [1.807, 2.05) is 38.1 Å². The van der Waals surface area contributed by atoms with Gasteiger partial charge in [-0.1, -0.05) is 29.8 Å². The average molecular weight is 575 g/mol. The molecule has 3 heterocycles. The number of hydrogen-bond acceptors (Lipinski definition) is 6. The summed E-state index contributed by atoms with van der Waals surface area (Å²) in [5, 5.41) is 17.8. The summed E-state index contributed by atoms with van der Waals surface area (Å²) in [5.41, 5.74) is 4.43.